The highest BCUT2D eigenvalue weighted by Gasteiger charge is 2.22. The van der Waals surface area contributed by atoms with Crippen molar-refractivity contribution >= 4 is 5.97 Å². The molecule has 0 bridgehead atoms. The highest BCUT2D eigenvalue weighted by molar-refractivity contribution is 5.71. The molecule has 0 amide bonds. The lowest BCUT2D eigenvalue weighted by molar-refractivity contribution is -0.143. The van der Waals surface area contributed by atoms with E-state index in [9.17, 15) is 4.79 Å². The van der Waals surface area contributed by atoms with Crippen molar-refractivity contribution < 1.29 is 14.3 Å². The van der Waals surface area contributed by atoms with E-state index >= 15 is 0 Å². The maximum atomic E-state index is 10.5. The molecular weight excluding hydrogens is 120 g/mol. The summed E-state index contributed by atoms with van der Waals surface area (Å²) in [6.07, 6.45) is 1.38. The maximum Gasteiger partial charge on any atom is 0.306 e. The van der Waals surface area contributed by atoms with Gasteiger partial charge < -0.3 is 9.47 Å². The molecule has 0 N–H and O–H groups in total. The van der Waals surface area contributed by atoms with Gasteiger partial charge in [0.1, 0.15) is 6.10 Å². The van der Waals surface area contributed by atoms with Crippen LogP contribution in [0.25, 0.3) is 0 Å². The van der Waals surface area contributed by atoms with Gasteiger partial charge in [-0.25, -0.2) is 0 Å². The molecule has 1 saturated heterocycles. The largest absolute Gasteiger partial charge is 0.460 e. The van der Waals surface area contributed by atoms with Gasteiger partial charge in [0.2, 0.25) is 0 Å². The number of cyclic esters (lactones) is 1. The lowest BCUT2D eigenvalue weighted by atomic mass is 10.2. The first-order chi connectivity index (χ1) is 4.33. The topological polar surface area (TPSA) is 35.5 Å². The van der Waals surface area contributed by atoms with Crippen LogP contribution in [0.3, 0.4) is 0 Å². The molecule has 9 heavy (non-hydrogen) atoms. The van der Waals surface area contributed by atoms with Crippen molar-refractivity contribution in [1.29, 1.82) is 0 Å². The molecule has 1 rings (SSSR count). The van der Waals surface area contributed by atoms with E-state index in [1.165, 1.54) is 0 Å². The smallest absolute Gasteiger partial charge is 0.306 e. The highest BCUT2D eigenvalue weighted by Crippen LogP contribution is 2.12. The zero-order chi connectivity index (χ0) is 6.69. The molecule has 1 aliphatic rings. The van der Waals surface area contributed by atoms with Gasteiger partial charge in [-0.2, -0.15) is 0 Å². The minimum absolute atomic E-state index is 0.0162. The quantitative estimate of drug-likeness (QED) is 0.505. The Morgan fingerprint density at radius 2 is 2.67 bits per heavy atom. The predicted octanol–water partition coefficient (Wildman–Crippen LogP) is 0.338. The Hall–Kier alpha value is -0.570. The van der Waals surface area contributed by atoms with Gasteiger partial charge >= 0.3 is 5.97 Å². The first kappa shape index (κ1) is 6.55. The van der Waals surface area contributed by atoms with Crippen LogP contribution in [0.5, 0.6) is 0 Å². The van der Waals surface area contributed by atoms with Crippen LogP contribution >= 0.6 is 0 Å². The zero-order valence-electron chi connectivity index (χ0n) is 5.42. The molecule has 1 heterocycles. The average Bonchev–Trinajstić information content (AvgIpc) is 2.17. The zero-order valence-corrected chi connectivity index (χ0v) is 5.42. The van der Waals surface area contributed by atoms with Crippen molar-refractivity contribution in [1.82, 2.24) is 0 Å². The number of methoxy groups -OCH3 is 1. The fourth-order valence-corrected chi connectivity index (χ4v) is 0.886. The van der Waals surface area contributed by atoms with Crippen molar-refractivity contribution in [3.63, 3.8) is 0 Å². The summed E-state index contributed by atoms with van der Waals surface area (Å²) in [5.74, 6) is -0.1000. The van der Waals surface area contributed by atoms with E-state index in [1.54, 1.807) is 7.11 Å². The Bertz CT molecular complexity index is 111. The molecular formula is C6H10O3. The number of esters is 1. The summed E-state index contributed by atoms with van der Waals surface area (Å²) in [4.78, 5) is 10.5. The Morgan fingerprint density at radius 1 is 1.89 bits per heavy atom. The second kappa shape index (κ2) is 2.82. The van der Waals surface area contributed by atoms with Crippen molar-refractivity contribution in [2.24, 2.45) is 0 Å². The van der Waals surface area contributed by atoms with Gasteiger partial charge in [0, 0.05) is 13.5 Å². The number of hydrogen-bond acceptors (Lipinski definition) is 3. The van der Waals surface area contributed by atoms with Crippen molar-refractivity contribution in [2.75, 3.05) is 13.7 Å². The molecule has 52 valence electrons. The Labute approximate surface area is 53.9 Å². The molecule has 0 unspecified atom stereocenters. The number of ether oxygens (including phenoxy) is 2. The van der Waals surface area contributed by atoms with E-state index < -0.39 is 0 Å². The van der Waals surface area contributed by atoms with Crippen LogP contribution in [0.2, 0.25) is 0 Å². The molecule has 0 saturated carbocycles. The molecule has 0 radical (unpaired) electrons. The van der Waals surface area contributed by atoms with Crippen LogP contribution in [-0.4, -0.2) is 25.8 Å². The number of carbonyl (C=O) groups is 1. The van der Waals surface area contributed by atoms with Gasteiger partial charge in [0.25, 0.3) is 0 Å². The van der Waals surface area contributed by atoms with Gasteiger partial charge in [-0.3, -0.25) is 4.79 Å². The summed E-state index contributed by atoms with van der Waals surface area (Å²) in [7, 11) is 1.60. The van der Waals surface area contributed by atoms with Crippen LogP contribution < -0.4 is 0 Å². The summed E-state index contributed by atoms with van der Waals surface area (Å²) < 4.78 is 9.63. The summed E-state index contributed by atoms with van der Waals surface area (Å²) in [5, 5.41) is 0. The number of hydrogen-bond donors (Lipinski definition) is 0. The predicted molar refractivity (Wildman–Crippen MR) is 31.0 cm³/mol. The Morgan fingerprint density at radius 3 is 3.11 bits per heavy atom. The normalized spacial score (nSPS) is 26.3. The van der Waals surface area contributed by atoms with Crippen molar-refractivity contribution in [2.45, 2.75) is 18.9 Å². The van der Waals surface area contributed by atoms with Crippen LogP contribution in [0.1, 0.15) is 12.8 Å². The number of carbonyl (C=O) groups excluding carboxylic acids is 1. The van der Waals surface area contributed by atoms with E-state index in [2.05, 4.69) is 0 Å². The monoisotopic (exact) mass is 130 g/mol. The molecule has 1 atom stereocenters. The molecule has 0 aliphatic carbocycles. The van der Waals surface area contributed by atoms with Crippen LogP contribution in [-0.2, 0) is 14.3 Å². The molecule has 0 aromatic heterocycles. The van der Waals surface area contributed by atoms with E-state index in [1.807, 2.05) is 0 Å². The third kappa shape index (κ3) is 1.68. The first-order valence-electron chi connectivity index (χ1n) is 3.01. The van der Waals surface area contributed by atoms with E-state index in [0.717, 1.165) is 6.42 Å². The van der Waals surface area contributed by atoms with E-state index in [4.69, 9.17) is 9.47 Å². The average molecular weight is 130 g/mol. The lowest BCUT2D eigenvalue weighted by Gasteiger charge is -2.05. The molecule has 1 fully saturated rings. The molecule has 0 aromatic rings. The standard InChI is InChI=1S/C6H10O3/c1-8-4-5-2-3-6(7)9-5/h5H,2-4H2,1H3/t5-/m0/s1. The molecule has 3 heteroatoms. The fraction of sp³-hybridized carbons (Fsp3) is 0.833. The summed E-state index contributed by atoms with van der Waals surface area (Å²) in [6, 6.07) is 0. The minimum atomic E-state index is -0.1000. The maximum absolute atomic E-state index is 10.5. The van der Waals surface area contributed by atoms with Gasteiger partial charge in [-0.05, 0) is 6.42 Å². The third-order valence-corrected chi connectivity index (χ3v) is 1.32. The van der Waals surface area contributed by atoms with Gasteiger partial charge in [0.15, 0.2) is 0 Å². The van der Waals surface area contributed by atoms with Crippen LogP contribution in [0.15, 0.2) is 0 Å². The second-order valence-electron chi connectivity index (χ2n) is 2.11. The Balaban J connectivity index is 2.22. The van der Waals surface area contributed by atoms with Crippen molar-refractivity contribution in [3.8, 4) is 0 Å². The molecule has 3 nitrogen and oxygen atoms in total. The first-order valence-corrected chi connectivity index (χ1v) is 3.01. The third-order valence-electron chi connectivity index (χ3n) is 1.32. The highest BCUT2D eigenvalue weighted by atomic mass is 16.6. The van der Waals surface area contributed by atoms with Gasteiger partial charge in [-0.1, -0.05) is 0 Å². The summed E-state index contributed by atoms with van der Waals surface area (Å²) >= 11 is 0. The Kier molecular flexibility index (Phi) is 2.05. The molecule has 1 aliphatic heterocycles. The van der Waals surface area contributed by atoms with E-state index in [-0.39, 0.29) is 12.1 Å². The molecule has 0 spiro atoms. The minimum Gasteiger partial charge on any atom is -0.460 e. The van der Waals surface area contributed by atoms with Gasteiger partial charge in [-0.15, -0.1) is 0 Å². The van der Waals surface area contributed by atoms with Crippen LogP contribution in [0.4, 0.5) is 0 Å². The summed E-state index contributed by atoms with van der Waals surface area (Å²) in [6.45, 7) is 0.533. The van der Waals surface area contributed by atoms with Crippen molar-refractivity contribution in [3.05, 3.63) is 0 Å². The fourth-order valence-electron chi connectivity index (χ4n) is 0.886. The van der Waals surface area contributed by atoms with Crippen LogP contribution in [0, 0.1) is 0 Å². The number of rotatable bonds is 2. The SMILES string of the molecule is COC[C@@H]1CCC(=O)O1. The second-order valence-corrected chi connectivity index (χ2v) is 2.11. The summed E-state index contributed by atoms with van der Waals surface area (Å²) in [5.41, 5.74) is 0. The van der Waals surface area contributed by atoms with E-state index in [0.29, 0.717) is 13.0 Å². The van der Waals surface area contributed by atoms with Gasteiger partial charge in [0.05, 0.1) is 6.61 Å². The lowest BCUT2D eigenvalue weighted by Crippen LogP contribution is -2.13. The molecule has 0 aromatic carbocycles.